The first kappa shape index (κ1) is 10.5. The molecular formula is C12H18N2O. The van der Waals surface area contributed by atoms with E-state index in [0.29, 0.717) is 11.8 Å². The Morgan fingerprint density at radius 1 is 1.47 bits per heavy atom. The molecule has 2 rings (SSSR count). The number of likely N-dealkylation sites (N-methyl/N-ethyl adjacent to an activating group) is 1. The van der Waals surface area contributed by atoms with Crippen LogP contribution in [0, 0.1) is 0 Å². The third kappa shape index (κ3) is 2.49. The molecule has 15 heavy (non-hydrogen) atoms. The second kappa shape index (κ2) is 4.64. The van der Waals surface area contributed by atoms with E-state index < -0.39 is 0 Å². The van der Waals surface area contributed by atoms with E-state index in [2.05, 4.69) is 17.6 Å². The molecule has 0 saturated carbocycles. The van der Waals surface area contributed by atoms with Crippen molar-refractivity contribution in [1.29, 1.82) is 0 Å². The molecule has 0 spiro atoms. The number of benzene rings is 1. The van der Waals surface area contributed by atoms with E-state index in [1.54, 1.807) is 6.07 Å². The molecule has 1 aliphatic rings. The van der Waals surface area contributed by atoms with Gasteiger partial charge < -0.3 is 15.7 Å². The van der Waals surface area contributed by atoms with Gasteiger partial charge in [-0.3, -0.25) is 0 Å². The molecule has 0 fully saturated rings. The summed E-state index contributed by atoms with van der Waals surface area (Å²) in [6.45, 7) is 5.02. The molecule has 1 unspecified atom stereocenters. The van der Waals surface area contributed by atoms with Gasteiger partial charge in [0.25, 0.3) is 0 Å². The van der Waals surface area contributed by atoms with Crippen LogP contribution in [0.15, 0.2) is 18.2 Å². The Morgan fingerprint density at radius 3 is 3.13 bits per heavy atom. The van der Waals surface area contributed by atoms with Crippen molar-refractivity contribution < 1.29 is 5.11 Å². The van der Waals surface area contributed by atoms with Crippen molar-refractivity contribution in [2.75, 3.05) is 13.1 Å². The first-order valence-electron chi connectivity index (χ1n) is 5.54. The van der Waals surface area contributed by atoms with Crippen molar-refractivity contribution in [3.63, 3.8) is 0 Å². The SMILES string of the molecule is CCNCC1Cc2cc(O)ccc2CN1. The van der Waals surface area contributed by atoms with Crippen LogP contribution in [0.1, 0.15) is 18.1 Å². The van der Waals surface area contributed by atoms with Crippen molar-refractivity contribution in [3.8, 4) is 5.75 Å². The Bertz CT molecular complexity index is 338. The lowest BCUT2D eigenvalue weighted by atomic mass is 9.95. The zero-order valence-corrected chi connectivity index (χ0v) is 9.09. The van der Waals surface area contributed by atoms with Crippen LogP contribution in [0.4, 0.5) is 0 Å². The summed E-state index contributed by atoms with van der Waals surface area (Å²) in [5.74, 6) is 0.373. The highest BCUT2D eigenvalue weighted by Crippen LogP contribution is 2.21. The van der Waals surface area contributed by atoms with Crippen molar-refractivity contribution in [2.45, 2.75) is 25.9 Å². The maximum atomic E-state index is 9.41. The summed E-state index contributed by atoms with van der Waals surface area (Å²) in [5, 5.41) is 16.2. The number of phenolic OH excluding ortho intramolecular Hbond substituents is 1. The number of rotatable bonds is 3. The molecule has 3 heteroatoms. The molecule has 1 aromatic rings. The van der Waals surface area contributed by atoms with Gasteiger partial charge >= 0.3 is 0 Å². The van der Waals surface area contributed by atoms with Gasteiger partial charge in [-0.1, -0.05) is 13.0 Å². The van der Waals surface area contributed by atoms with Gasteiger partial charge in [-0.05, 0) is 36.2 Å². The first-order chi connectivity index (χ1) is 7.29. The van der Waals surface area contributed by atoms with E-state index in [1.165, 1.54) is 11.1 Å². The molecular weight excluding hydrogens is 188 g/mol. The van der Waals surface area contributed by atoms with Crippen LogP contribution in [0.5, 0.6) is 5.75 Å². The third-order valence-electron chi connectivity index (χ3n) is 2.88. The maximum absolute atomic E-state index is 9.41. The fourth-order valence-electron chi connectivity index (χ4n) is 2.03. The fraction of sp³-hybridized carbons (Fsp3) is 0.500. The van der Waals surface area contributed by atoms with Crippen molar-refractivity contribution in [2.24, 2.45) is 0 Å². The summed E-state index contributed by atoms with van der Waals surface area (Å²) >= 11 is 0. The van der Waals surface area contributed by atoms with Gasteiger partial charge in [0.2, 0.25) is 0 Å². The average molecular weight is 206 g/mol. The Morgan fingerprint density at radius 2 is 2.33 bits per heavy atom. The smallest absolute Gasteiger partial charge is 0.115 e. The Balaban J connectivity index is 2.05. The number of nitrogens with one attached hydrogen (secondary N) is 2. The molecule has 0 radical (unpaired) electrons. The molecule has 0 saturated heterocycles. The topological polar surface area (TPSA) is 44.3 Å². The van der Waals surface area contributed by atoms with Gasteiger partial charge in [-0.2, -0.15) is 0 Å². The van der Waals surface area contributed by atoms with Gasteiger partial charge in [-0.25, -0.2) is 0 Å². The Labute approximate surface area is 90.5 Å². The normalized spacial score (nSPS) is 19.9. The monoisotopic (exact) mass is 206 g/mol. The van der Waals surface area contributed by atoms with Crippen LogP contribution in [0.25, 0.3) is 0 Å². The van der Waals surface area contributed by atoms with E-state index >= 15 is 0 Å². The van der Waals surface area contributed by atoms with Gasteiger partial charge in [-0.15, -0.1) is 0 Å². The average Bonchev–Trinajstić information content (AvgIpc) is 2.25. The molecule has 82 valence electrons. The van der Waals surface area contributed by atoms with E-state index in [4.69, 9.17) is 0 Å². The summed E-state index contributed by atoms with van der Waals surface area (Å²) in [4.78, 5) is 0. The van der Waals surface area contributed by atoms with Crippen LogP contribution < -0.4 is 10.6 Å². The molecule has 1 aromatic carbocycles. The highest BCUT2D eigenvalue weighted by atomic mass is 16.3. The van der Waals surface area contributed by atoms with Crippen LogP contribution in [0.2, 0.25) is 0 Å². The minimum absolute atomic E-state index is 0.373. The standard InChI is InChI=1S/C12H18N2O/c1-2-13-8-11-5-10-6-12(15)4-3-9(10)7-14-11/h3-4,6,11,13-15H,2,5,7-8H2,1H3. The second-order valence-electron chi connectivity index (χ2n) is 4.04. The highest BCUT2D eigenvalue weighted by molar-refractivity contribution is 5.36. The summed E-state index contributed by atoms with van der Waals surface area (Å²) in [5.41, 5.74) is 2.58. The lowest BCUT2D eigenvalue weighted by Crippen LogP contribution is -2.42. The number of phenols is 1. The predicted octanol–water partition coefficient (Wildman–Crippen LogP) is 1.02. The largest absolute Gasteiger partial charge is 0.508 e. The van der Waals surface area contributed by atoms with Crippen LogP contribution in [-0.4, -0.2) is 24.2 Å². The number of hydrogen-bond acceptors (Lipinski definition) is 3. The summed E-state index contributed by atoms with van der Waals surface area (Å²) in [6.07, 6.45) is 0.997. The predicted molar refractivity (Wildman–Crippen MR) is 61.0 cm³/mol. The van der Waals surface area contributed by atoms with Crippen LogP contribution in [-0.2, 0) is 13.0 Å². The summed E-state index contributed by atoms with van der Waals surface area (Å²) in [7, 11) is 0. The van der Waals surface area contributed by atoms with Gasteiger partial charge in [0.05, 0.1) is 0 Å². The molecule has 1 atom stereocenters. The number of aromatic hydroxyl groups is 1. The minimum Gasteiger partial charge on any atom is -0.508 e. The summed E-state index contributed by atoms with van der Waals surface area (Å²) in [6, 6.07) is 6.13. The van der Waals surface area contributed by atoms with E-state index in [-0.39, 0.29) is 0 Å². The number of hydrogen-bond donors (Lipinski definition) is 3. The van der Waals surface area contributed by atoms with E-state index in [1.807, 2.05) is 12.1 Å². The maximum Gasteiger partial charge on any atom is 0.115 e. The Hall–Kier alpha value is -1.06. The summed E-state index contributed by atoms with van der Waals surface area (Å²) < 4.78 is 0. The second-order valence-corrected chi connectivity index (χ2v) is 4.04. The van der Waals surface area contributed by atoms with Gasteiger partial charge in [0.15, 0.2) is 0 Å². The van der Waals surface area contributed by atoms with Gasteiger partial charge in [0.1, 0.15) is 5.75 Å². The lowest BCUT2D eigenvalue weighted by molar-refractivity contribution is 0.445. The van der Waals surface area contributed by atoms with Crippen molar-refractivity contribution in [3.05, 3.63) is 29.3 Å². The highest BCUT2D eigenvalue weighted by Gasteiger charge is 2.17. The molecule has 0 bridgehead atoms. The van der Waals surface area contributed by atoms with Crippen LogP contribution >= 0.6 is 0 Å². The minimum atomic E-state index is 0.373. The lowest BCUT2D eigenvalue weighted by Gasteiger charge is -2.26. The fourth-order valence-corrected chi connectivity index (χ4v) is 2.03. The first-order valence-corrected chi connectivity index (χ1v) is 5.54. The van der Waals surface area contributed by atoms with E-state index in [0.717, 1.165) is 26.1 Å². The molecule has 0 aromatic heterocycles. The zero-order chi connectivity index (χ0) is 10.7. The quantitative estimate of drug-likeness (QED) is 0.691. The molecule has 0 aliphatic carbocycles. The Kier molecular flexibility index (Phi) is 3.23. The van der Waals surface area contributed by atoms with E-state index in [9.17, 15) is 5.11 Å². The van der Waals surface area contributed by atoms with Crippen molar-refractivity contribution >= 4 is 0 Å². The van der Waals surface area contributed by atoms with Crippen molar-refractivity contribution in [1.82, 2.24) is 10.6 Å². The van der Waals surface area contributed by atoms with Crippen LogP contribution in [0.3, 0.4) is 0 Å². The molecule has 0 amide bonds. The molecule has 3 N–H and O–H groups in total. The zero-order valence-electron chi connectivity index (χ0n) is 9.09. The number of fused-ring (bicyclic) bond motifs is 1. The third-order valence-corrected chi connectivity index (χ3v) is 2.88. The van der Waals surface area contributed by atoms with Gasteiger partial charge in [0, 0.05) is 19.1 Å². The molecule has 1 aliphatic heterocycles. The molecule has 1 heterocycles. The molecule has 3 nitrogen and oxygen atoms in total.